The Balaban J connectivity index is 1.37. The Labute approximate surface area is 195 Å². The van der Waals surface area contributed by atoms with E-state index in [1.54, 1.807) is 11.8 Å². The van der Waals surface area contributed by atoms with Crippen molar-refractivity contribution in [2.24, 2.45) is 5.92 Å². The summed E-state index contributed by atoms with van der Waals surface area (Å²) < 4.78 is 2.13. The second kappa shape index (κ2) is 10.8. The number of aromatic nitrogens is 3. The molecule has 168 valence electrons. The molecule has 2 aromatic carbocycles. The summed E-state index contributed by atoms with van der Waals surface area (Å²) in [4.78, 5) is 14.5. The minimum atomic E-state index is 0.316. The van der Waals surface area contributed by atoms with Gasteiger partial charge in [-0.3, -0.25) is 9.36 Å². The highest BCUT2D eigenvalue weighted by molar-refractivity contribution is 7.99. The van der Waals surface area contributed by atoms with E-state index in [0.29, 0.717) is 12.3 Å². The standard InChI is InChI=1S/C26H32N4OS/c1-20-11-13-22(14-12-20)25-27-28-26(30(25)23-8-4-3-5-9-23)32-19-7-6-10-24(31)29-17-15-21(2)16-18-29/h3-5,8-9,11-14,21H,6-7,10,15-19H2,1-2H3. The summed E-state index contributed by atoms with van der Waals surface area (Å²) >= 11 is 1.71. The van der Waals surface area contributed by atoms with Gasteiger partial charge < -0.3 is 4.90 Å². The largest absolute Gasteiger partial charge is 0.343 e. The molecular weight excluding hydrogens is 416 g/mol. The van der Waals surface area contributed by atoms with Gasteiger partial charge in [0.1, 0.15) is 0 Å². The molecule has 0 spiro atoms. The number of likely N-dealkylation sites (tertiary alicyclic amines) is 1. The van der Waals surface area contributed by atoms with E-state index in [1.165, 1.54) is 5.56 Å². The summed E-state index contributed by atoms with van der Waals surface area (Å²) in [6, 6.07) is 18.7. The molecule has 5 nitrogen and oxygen atoms in total. The Hall–Kier alpha value is -2.60. The van der Waals surface area contributed by atoms with Crippen LogP contribution < -0.4 is 0 Å². The van der Waals surface area contributed by atoms with Crippen LogP contribution >= 0.6 is 11.8 Å². The molecule has 2 heterocycles. The number of hydrogen-bond donors (Lipinski definition) is 0. The summed E-state index contributed by atoms with van der Waals surface area (Å²) in [5.74, 6) is 2.84. The number of thioether (sulfide) groups is 1. The molecule has 0 saturated carbocycles. The van der Waals surface area contributed by atoms with Crippen molar-refractivity contribution >= 4 is 17.7 Å². The van der Waals surface area contributed by atoms with E-state index < -0.39 is 0 Å². The van der Waals surface area contributed by atoms with Crippen LogP contribution in [0.25, 0.3) is 17.1 Å². The minimum absolute atomic E-state index is 0.316. The van der Waals surface area contributed by atoms with Gasteiger partial charge in [0.2, 0.25) is 5.91 Å². The van der Waals surface area contributed by atoms with E-state index in [4.69, 9.17) is 0 Å². The number of rotatable bonds is 8. The average Bonchev–Trinajstić information content (AvgIpc) is 3.24. The monoisotopic (exact) mass is 448 g/mol. The summed E-state index contributed by atoms with van der Waals surface area (Å²) in [5.41, 5.74) is 3.34. The van der Waals surface area contributed by atoms with Gasteiger partial charge in [0.05, 0.1) is 0 Å². The maximum absolute atomic E-state index is 12.5. The summed E-state index contributed by atoms with van der Waals surface area (Å²) in [6.45, 7) is 6.22. The lowest BCUT2D eigenvalue weighted by atomic mass is 9.99. The number of para-hydroxylation sites is 1. The highest BCUT2D eigenvalue weighted by Crippen LogP contribution is 2.28. The number of piperidine rings is 1. The molecule has 1 saturated heterocycles. The van der Waals surface area contributed by atoms with E-state index in [1.807, 2.05) is 23.1 Å². The molecule has 1 amide bonds. The van der Waals surface area contributed by atoms with Crippen molar-refractivity contribution in [2.45, 2.75) is 51.1 Å². The molecule has 32 heavy (non-hydrogen) atoms. The Morgan fingerprint density at radius 1 is 1.00 bits per heavy atom. The predicted molar refractivity (Wildman–Crippen MR) is 131 cm³/mol. The molecule has 1 fully saturated rings. The van der Waals surface area contributed by atoms with Crippen LogP contribution in [0.1, 0.15) is 44.6 Å². The molecule has 0 radical (unpaired) electrons. The minimum Gasteiger partial charge on any atom is -0.343 e. The third-order valence-electron chi connectivity index (χ3n) is 6.11. The van der Waals surface area contributed by atoms with Gasteiger partial charge in [-0.15, -0.1) is 10.2 Å². The number of amides is 1. The lowest BCUT2D eigenvalue weighted by Gasteiger charge is -2.30. The van der Waals surface area contributed by atoms with Gasteiger partial charge in [0, 0.05) is 36.5 Å². The van der Waals surface area contributed by atoms with E-state index in [2.05, 4.69) is 65.0 Å². The third-order valence-corrected chi connectivity index (χ3v) is 7.13. The van der Waals surface area contributed by atoms with Crippen LogP contribution in [0.3, 0.4) is 0 Å². The molecule has 0 bridgehead atoms. The van der Waals surface area contributed by atoms with Crippen LogP contribution in [-0.2, 0) is 4.79 Å². The van der Waals surface area contributed by atoms with Crippen LogP contribution in [0.2, 0.25) is 0 Å². The normalized spacial score (nSPS) is 14.6. The van der Waals surface area contributed by atoms with Crippen LogP contribution in [-0.4, -0.2) is 44.4 Å². The fourth-order valence-electron chi connectivity index (χ4n) is 4.02. The molecular formula is C26H32N4OS. The zero-order valence-corrected chi connectivity index (χ0v) is 19.9. The van der Waals surface area contributed by atoms with Gasteiger partial charge in [-0.25, -0.2) is 0 Å². The van der Waals surface area contributed by atoms with Crippen LogP contribution in [0.15, 0.2) is 59.8 Å². The van der Waals surface area contributed by atoms with Gasteiger partial charge in [0.15, 0.2) is 11.0 Å². The van der Waals surface area contributed by atoms with Crippen molar-refractivity contribution < 1.29 is 4.79 Å². The van der Waals surface area contributed by atoms with Crippen molar-refractivity contribution in [1.82, 2.24) is 19.7 Å². The number of carbonyl (C=O) groups excluding carboxylic acids is 1. The van der Waals surface area contributed by atoms with E-state index in [0.717, 1.165) is 72.7 Å². The molecule has 1 aromatic heterocycles. The average molecular weight is 449 g/mol. The molecule has 3 aromatic rings. The van der Waals surface area contributed by atoms with Gasteiger partial charge in [-0.2, -0.15) is 0 Å². The first-order valence-corrected chi connectivity index (χ1v) is 12.6. The van der Waals surface area contributed by atoms with E-state index >= 15 is 0 Å². The van der Waals surface area contributed by atoms with E-state index in [-0.39, 0.29) is 0 Å². The lowest BCUT2D eigenvalue weighted by Crippen LogP contribution is -2.37. The number of benzene rings is 2. The van der Waals surface area contributed by atoms with E-state index in [9.17, 15) is 4.79 Å². The zero-order chi connectivity index (χ0) is 22.3. The number of unbranched alkanes of at least 4 members (excludes halogenated alkanes) is 1. The topological polar surface area (TPSA) is 51.0 Å². The first-order chi connectivity index (χ1) is 15.6. The predicted octanol–water partition coefficient (Wildman–Crippen LogP) is 5.76. The zero-order valence-electron chi connectivity index (χ0n) is 19.0. The third kappa shape index (κ3) is 5.60. The molecule has 0 aliphatic carbocycles. The SMILES string of the molecule is Cc1ccc(-c2nnc(SCCCCC(=O)N3CCC(C)CC3)n2-c2ccccc2)cc1. The quantitative estimate of drug-likeness (QED) is 0.325. The molecule has 6 heteroatoms. The number of nitrogens with zero attached hydrogens (tertiary/aromatic N) is 4. The van der Waals surface area contributed by atoms with Gasteiger partial charge in [0.25, 0.3) is 0 Å². The fraction of sp³-hybridized carbons (Fsp3) is 0.423. The van der Waals surface area contributed by atoms with Crippen molar-refractivity contribution in [1.29, 1.82) is 0 Å². The Morgan fingerprint density at radius 3 is 2.44 bits per heavy atom. The first kappa shape index (κ1) is 22.6. The summed E-state index contributed by atoms with van der Waals surface area (Å²) in [5, 5.41) is 9.92. The van der Waals surface area contributed by atoms with Crippen molar-refractivity contribution in [3.63, 3.8) is 0 Å². The molecule has 4 rings (SSSR count). The number of aryl methyl sites for hydroxylation is 1. The Morgan fingerprint density at radius 2 is 1.72 bits per heavy atom. The van der Waals surface area contributed by atoms with Gasteiger partial charge in [-0.05, 0) is 50.7 Å². The number of carbonyl (C=O) groups is 1. The van der Waals surface area contributed by atoms with Gasteiger partial charge in [-0.1, -0.05) is 66.7 Å². The van der Waals surface area contributed by atoms with Crippen LogP contribution in [0.5, 0.6) is 0 Å². The summed E-state index contributed by atoms with van der Waals surface area (Å²) in [7, 11) is 0. The van der Waals surface area contributed by atoms with Crippen molar-refractivity contribution in [3.8, 4) is 17.1 Å². The second-order valence-electron chi connectivity index (χ2n) is 8.71. The highest BCUT2D eigenvalue weighted by atomic mass is 32.2. The smallest absolute Gasteiger partial charge is 0.222 e. The molecule has 0 atom stereocenters. The Kier molecular flexibility index (Phi) is 7.63. The molecule has 1 aliphatic heterocycles. The van der Waals surface area contributed by atoms with Crippen molar-refractivity contribution in [2.75, 3.05) is 18.8 Å². The number of hydrogen-bond acceptors (Lipinski definition) is 4. The van der Waals surface area contributed by atoms with Gasteiger partial charge >= 0.3 is 0 Å². The highest BCUT2D eigenvalue weighted by Gasteiger charge is 2.20. The Bertz CT molecular complexity index is 1010. The molecule has 0 N–H and O–H groups in total. The first-order valence-electron chi connectivity index (χ1n) is 11.6. The maximum atomic E-state index is 12.5. The second-order valence-corrected chi connectivity index (χ2v) is 9.77. The molecule has 0 unspecified atom stereocenters. The van der Waals surface area contributed by atoms with Crippen molar-refractivity contribution in [3.05, 3.63) is 60.2 Å². The fourth-order valence-corrected chi connectivity index (χ4v) is 4.97. The molecule has 1 aliphatic rings. The lowest BCUT2D eigenvalue weighted by molar-refractivity contribution is -0.132. The summed E-state index contributed by atoms with van der Waals surface area (Å²) in [6.07, 6.45) is 4.83. The van der Waals surface area contributed by atoms with Crippen LogP contribution in [0, 0.1) is 12.8 Å². The maximum Gasteiger partial charge on any atom is 0.222 e. The van der Waals surface area contributed by atoms with Crippen LogP contribution in [0.4, 0.5) is 0 Å².